The molecular formula is C33H25N3O7. The number of imide groups is 1. The summed E-state index contributed by atoms with van der Waals surface area (Å²) in [6.07, 6.45) is 2.95. The number of anilines is 1. The molecule has 2 amide bonds. The van der Waals surface area contributed by atoms with Gasteiger partial charge in [0.2, 0.25) is 17.6 Å². The maximum absolute atomic E-state index is 13.4. The van der Waals surface area contributed by atoms with E-state index in [-0.39, 0.29) is 52.3 Å². The molecule has 4 atom stereocenters. The van der Waals surface area contributed by atoms with E-state index in [1.54, 1.807) is 54.6 Å². The Kier molecular flexibility index (Phi) is 6.34. The van der Waals surface area contributed by atoms with Crippen LogP contribution in [0.1, 0.15) is 40.0 Å². The molecule has 3 aromatic carbocycles. The van der Waals surface area contributed by atoms with Gasteiger partial charge in [-0.05, 0) is 55.4 Å². The van der Waals surface area contributed by atoms with Gasteiger partial charge in [-0.2, -0.15) is 0 Å². The topological polar surface area (TPSA) is 137 Å². The lowest BCUT2D eigenvalue weighted by molar-refractivity contribution is -0.384. The summed E-state index contributed by atoms with van der Waals surface area (Å²) in [5, 5.41) is 11.6. The first-order chi connectivity index (χ1) is 20.8. The smallest absolute Gasteiger partial charge is 0.339 e. The highest BCUT2D eigenvalue weighted by molar-refractivity contribution is 6.22. The predicted molar refractivity (Wildman–Crippen MR) is 155 cm³/mol. The van der Waals surface area contributed by atoms with Crippen LogP contribution in [0.4, 0.5) is 11.4 Å². The van der Waals surface area contributed by atoms with Crippen molar-refractivity contribution in [2.45, 2.75) is 19.3 Å². The van der Waals surface area contributed by atoms with Gasteiger partial charge >= 0.3 is 5.97 Å². The lowest BCUT2D eigenvalue weighted by atomic mass is 9.81. The standard InChI is InChI=1S/C33H25N3O7/c37-28(19-6-4-8-23(15-19)36(41)42)17-43-33(40)25-16-27(34-26-10-2-1-9-24(25)26)18-5-3-7-22(14-18)35-31(38)29-20-11-12-21(13-20)30(29)32(35)39/h1-10,14-16,20-21,29-30H,11-13,17H2/t20-,21-,29-,30+/m0/s1. The number of Topliss-reactive ketones (excluding diaryl/α,β-unsaturated/α-hetero) is 1. The number of non-ortho nitro benzene ring substituents is 1. The molecule has 4 aromatic rings. The van der Waals surface area contributed by atoms with Crippen molar-refractivity contribution < 1.29 is 28.8 Å². The number of nitro groups is 1. The summed E-state index contributed by atoms with van der Waals surface area (Å²) in [5.74, 6) is -1.53. The second-order valence-electron chi connectivity index (χ2n) is 11.3. The molecule has 43 heavy (non-hydrogen) atoms. The van der Waals surface area contributed by atoms with Crippen molar-refractivity contribution in [1.29, 1.82) is 0 Å². The monoisotopic (exact) mass is 575 g/mol. The molecule has 1 saturated heterocycles. The molecule has 1 aliphatic heterocycles. The first kappa shape index (κ1) is 26.6. The number of rotatable bonds is 7. The normalized spacial score (nSPS) is 22.2. The third-order valence-electron chi connectivity index (χ3n) is 8.98. The largest absolute Gasteiger partial charge is 0.454 e. The molecule has 0 radical (unpaired) electrons. The van der Waals surface area contributed by atoms with Crippen molar-refractivity contribution in [1.82, 2.24) is 4.98 Å². The number of nitrogens with zero attached hydrogens (tertiary/aromatic N) is 3. The van der Waals surface area contributed by atoms with Gasteiger partial charge in [0, 0.05) is 28.6 Å². The molecule has 10 heteroatoms. The Morgan fingerprint density at radius 1 is 0.907 bits per heavy atom. The molecule has 0 unspecified atom stereocenters. The molecule has 3 aliphatic rings. The molecule has 2 aliphatic carbocycles. The van der Waals surface area contributed by atoms with Crippen LogP contribution in [0.25, 0.3) is 22.2 Å². The van der Waals surface area contributed by atoms with Gasteiger partial charge in [0.15, 0.2) is 6.61 Å². The summed E-state index contributed by atoms with van der Waals surface area (Å²) in [7, 11) is 0. The summed E-state index contributed by atoms with van der Waals surface area (Å²) < 4.78 is 5.36. The zero-order chi connectivity index (χ0) is 29.8. The summed E-state index contributed by atoms with van der Waals surface area (Å²) in [6, 6.07) is 20.8. The van der Waals surface area contributed by atoms with Gasteiger partial charge in [-0.1, -0.05) is 42.5 Å². The van der Waals surface area contributed by atoms with Gasteiger partial charge in [0.1, 0.15) is 0 Å². The molecule has 3 fully saturated rings. The van der Waals surface area contributed by atoms with E-state index in [0.717, 1.165) is 25.3 Å². The van der Waals surface area contributed by atoms with Crippen molar-refractivity contribution in [3.8, 4) is 11.3 Å². The first-order valence-corrected chi connectivity index (χ1v) is 14.1. The highest BCUT2D eigenvalue weighted by Gasteiger charge is 2.61. The van der Waals surface area contributed by atoms with E-state index >= 15 is 0 Å². The number of esters is 1. The number of carbonyl (C=O) groups excluding carboxylic acids is 4. The Morgan fingerprint density at radius 3 is 2.37 bits per heavy atom. The number of benzene rings is 3. The molecule has 7 rings (SSSR count). The maximum atomic E-state index is 13.4. The fourth-order valence-electron chi connectivity index (χ4n) is 7.04. The number of para-hydroxylation sites is 1. The summed E-state index contributed by atoms with van der Waals surface area (Å²) in [5.41, 5.74) is 2.02. The predicted octanol–water partition coefficient (Wildman–Crippen LogP) is 5.39. The highest BCUT2D eigenvalue weighted by Crippen LogP contribution is 2.56. The van der Waals surface area contributed by atoms with E-state index in [9.17, 15) is 29.3 Å². The molecular weight excluding hydrogens is 550 g/mol. The number of ether oxygens (including phenoxy) is 1. The van der Waals surface area contributed by atoms with Gasteiger partial charge in [-0.3, -0.25) is 29.4 Å². The molecule has 10 nitrogen and oxygen atoms in total. The van der Waals surface area contributed by atoms with Crippen LogP contribution in [0.15, 0.2) is 78.9 Å². The first-order valence-electron chi connectivity index (χ1n) is 14.1. The Bertz CT molecular complexity index is 1840. The zero-order valence-electron chi connectivity index (χ0n) is 22.8. The van der Waals surface area contributed by atoms with Gasteiger partial charge in [0.25, 0.3) is 5.69 Å². The molecule has 0 spiro atoms. The fourth-order valence-corrected chi connectivity index (χ4v) is 7.04. The van der Waals surface area contributed by atoms with Crippen LogP contribution in [0.5, 0.6) is 0 Å². The molecule has 2 saturated carbocycles. The maximum Gasteiger partial charge on any atom is 0.339 e. The van der Waals surface area contributed by atoms with Crippen LogP contribution >= 0.6 is 0 Å². The van der Waals surface area contributed by atoms with E-state index in [0.29, 0.717) is 27.8 Å². The van der Waals surface area contributed by atoms with Gasteiger partial charge in [-0.15, -0.1) is 0 Å². The molecule has 2 bridgehead atoms. The minimum Gasteiger partial charge on any atom is -0.454 e. The highest BCUT2D eigenvalue weighted by atomic mass is 16.6. The average molecular weight is 576 g/mol. The summed E-state index contributed by atoms with van der Waals surface area (Å²) in [4.78, 5) is 69.3. The second-order valence-corrected chi connectivity index (χ2v) is 11.3. The Balaban J connectivity index is 1.17. The van der Waals surface area contributed by atoms with Crippen LogP contribution in [0, 0.1) is 33.8 Å². The molecule has 214 valence electrons. The third-order valence-corrected chi connectivity index (χ3v) is 8.98. The van der Waals surface area contributed by atoms with E-state index in [4.69, 9.17) is 9.72 Å². The Labute approximate surface area is 245 Å². The second kappa shape index (κ2) is 10.2. The number of pyridine rings is 1. The quantitative estimate of drug-likeness (QED) is 0.0941. The van der Waals surface area contributed by atoms with Crippen molar-refractivity contribution in [2.75, 3.05) is 11.5 Å². The van der Waals surface area contributed by atoms with Crippen LogP contribution < -0.4 is 4.90 Å². The number of hydrogen-bond donors (Lipinski definition) is 0. The minimum absolute atomic E-state index is 0.0576. The van der Waals surface area contributed by atoms with E-state index in [1.807, 2.05) is 0 Å². The number of amides is 2. The Hall–Kier alpha value is -5.25. The number of nitro benzene ring substituents is 1. The van der Waals surface area contributed by atoms with Crippen molar-refractivity contribution in [3.05, 3.63) is 100 Å². The summed E-state index contributed by atoms with van der Waals surface area (Å²) >= 11 is 0. The van der Waals surface area contributed by atoms with Gasteiger partial charge in [-0.25, -0.2) is 9.78 Å². The van der Waals surface area contributed by atoms with E-state index < -0.39 is 23.3 Å². The van der Waals surface area contributed by atoms with Gasteiger partial charge < -0.3 is 4.74 Å². The van der Waals surface area contributed by atoms with Crippen LogP contribution in [-0.4, -0.2) is 40.1 Å². The van der Waals surface area contributed by atoms with Crippen molar-refractivity contribution in [3.63, 3.8) is 0 Å². The van der Waals surface area contributed by atoms with Crippen LogP contribution in [0.3, 0.4) is 0 Å². The fraction of sp³-hybridized carbons (Fsp3) is 0.242. The number of fused-ring (bicyclic) bond motifs is 6. The molecule has 1 aromatic heterocycles. The number of carbonyl (C=O) groups is 4. The lowest BCUT2D eigenvalue weighted by Crippen LogP contribution is -2.32. The van der Waals surface area contributed by atoms with Crippen molar-refractivity contribution >= 4 is 45.8 Å². The van der Waals surface area contributed by atoms with E-state index in [1.165, 1.54) is 23.1 Å². The number of hydrogen-bond acceptors (Lipinski definition) is 8. The number of ketones is 1. The van der Waals surface area contributed by atoms with Crippen LogP contribution in [-0.2, 0) is 14.3 Å². The SMILES string of the molecule is O=C(COC(=O)c1cc(-c2cccc(N3C(=O)[C@@H]4[C@H]5CC[C@@H](C5)[C@@H]4C3=O)c2)nc2ccccc12)c1cccc([N+](=O)[O-])c1. The lowest BCUT2D eigenvalue weighted by Gasteiger charge is -2.19. The summed E-state index contributed by atoms with van der Waals surface area (Å²) in [6.45, 7) is -0.606. The zero-order valence-corrected chi connectivity index (χ0v) is 22.8. The third kappa shape index (κ3) is 4.46. The van der Waals surface area contributed by atoms with Crippen LogP contribution in [0.2, 0.25) is 0 Å². The van der Waals surface area contributed by atoms with Crippen molar-refractivity contribution in [2.24, 2.45) is 23.7 Å². The van der Waals surface area contributed by atoms with Gasteiger partial charge in [0.05, 0.1) is 39.2 Å². The van der Waals surface area contributed by atoms with E-state index in [2.05, 4.69) is 0 Å². The Morgan fingerprint density at radius 2 is 1.63 bits per heavy atom. The number of aromatic nitrogens is 1. The average Bonchev–Trinajstić information content (AvgIpc) is 3.72. The minimum atomic E-state index is -0.761. The molecule has 0 N–H and O–H groups in total. The molecule has 2 heterocycles.